The SMILES string of the molecule is CCCCCCCCCCCCCCCCn1cc[n+](Cc2ccccc2)c1C.[Cl-]. The summed E-state index contributed by atoms with van der Waals surface area (Å²) in [5.41, 5.74) is 1.37. The third-order valence-corrected chi connectivity index (χ3v) is 6.21. The van der Waals surface area contributed by atoms with Crippen LogP contribution in [0.4, 0.5) is 0 Å². The summed E-state index contributed by atoms with van der Waals surface area (Å²) in [6.07, 6.45) is 24.4. The van der Waals surface area contributed by atoms with E-state index in [1.54, 1.807) is 0 Å². The highest BCUT2D eigenvalue weighted by Crippen LogP contribution is 2.13. The zero-order valence-electron chi connectivity index (χ0n) is 19.6. The van der Waals surface area contributed by atoms with Gasteiger partial charge in [0.1, 0.15) is 18.9 Å². The molecule has 2 rings (SSSR count). The minimum atomic E-state index is 0. The number of aryl methyl sites for hydroxylation is 1. The van der Waals surface area contributed by atoms with Crippen LogP contribution in [0.3, 0.4) is 0 Å². The van der Waals surface area contributed by atoms with E-state index in [0.717, 1.165) is 13.1 Å². The van der Waals surface area contributed by atoms with E-state index < -0.39 is 0 Å². The molecule has 3 heteroatoms. The summed E-state index contributed by atoms with van der Waals surface area (Å²) in [4.78, 5) is 0. The first-order chi connectivity index (χ1) is 14.3. The van der Waals surface area contributed by atoms with Crippen LogP contribution in [-0.4, -0.2) is 4.57 Å². The molecule has 0 aliphatic rings. The third kappa shape index (κ3) is 11.2. The van der Waals surface area contributed by atoms with Gasteiger partial charge < -0.3 is 12.4 Å². The van der Waals surface area contributed by atoms with Crippen molar-refractivity contribution in [3.8, 4) is 0 Å². The molecule has 1 aromatic carbocycles. The maximum absolute atomic E-state index is 2.42. The number of nitrogens with zero attached hydrogens (tertiary/aromatic N) is 2. The zero-order chi connectivity index (χ0) is 20.6. The average molecular weight is 433 g/mol. The summed E-state index contributed by atoms with van der Waals surface area (Å²) in [5, 5.41) is 0. The van der Waals surface area contributed by atoms with Gasteiger partial charge in [-0.15, -0.1) is 0 Å². The third-order valence-electron chi connectivity index (χ3n) is 6.21. The van der Waals surface area contributed by atoms with Gasteiger partial charge in [0.25, 0.3) is 5.82 Å². The smallest absolute Gasteiger partial charge is 0.253 e. The van der Waals surface area contributed by atoms with Gasteiger partial charge in [0.2, 0.25) is 0 Å². The fourth-order valence-corrected chi connectivity index (χ4v) is 4.20. The number of imidazole rings is 1. The lowest BCUT2D eigenvalue weighted by Gasteiger charge is -2.04. The molecule has 2 nitrogen and oxygen atoms in total. The Morgan fingerprint density at radius 1 is 0.700 bits per heavy atom. The molecule has 170 valence electrons. The summed E-state index contributed by atoms with van der Waals surface area (Å²) in [7, 11) is 0. The van der Waals surface area contributed by atoms with Gasteiger partial charge in [-0.1, -0.05) is 114 Å². The number of hydrogen-bond donors (Lipinski definition) is 0. The quantitative estimate of drug-likeness (QED) is 0.255. The minimum absolute atomic E-state index is 0. The van der Waals surface area contributed by atoms with E-state index in [1.165, 1.54) is 101 Å². The monoisotopic (exact) mass is 432 g/mol. The number of unbranched alkanes of at least 4 members (excludes halogenated alkanes) is 13. The Kier molecular flexibility index (Phi) is 15.5. The van der Waals surface area contributed by atoms with E-state index in [0.29, 0.717) is 0 Å². The van der Waals surface area contributed by atoms with Crippen molar-refractivity contribution in [2.75, 3.05) is 0 Å². The Balaban J connectivity index is 0.00000450. The fraction of sp³-hybridized carbons (Fsp3) is 0.667. The molecule has 0 saturated carbocycles. The number of rotatable bonds is 17. The van der Waals surface area contributed by atoms with Crippen LogP contribution in [0, 0.1) is 6.92 Å². The van der Waals surface area contributed by atoms with Gasteiger partial charge in [0, 0.05) is 6.92 Å². The van der Waals surface area contributed by atoms with Gasteiger partial charge >= 0.3 is 0 Å². The van der Waals surface area contributed by atoms with E-state index in [9.17, 15) is 0 Å². The highest BCUT2D eigenvalue weighted by atomic mass is 35.5. The van der Waals surface area contributed by atoms with Gasteiger partial charge in [0.15, 0.2) is 0 Å². The molecule has 0 spiro atoms. The molecule has 0 radical (unpaired) electrons. The van der Waals surface area contributed by atoms with E-state index in [2.05, 4.69) is 65.7 Å². The second-order valence-corrected chi connectivity index (χ2v) is 8.75. The topological polar surface area (TPSA) is 8.81 Å². The van der Waals surface area contributed by atoms with Crippen LogP contribution in [0.5, 0.6) is 0 Å². The highest BCUT2D eigenvalue weighted by molar-refractivity contribution is 5.13. The first kappa shape index (κ1) is 26.8. The number of benzene rings is 1. The predicted octanol–water partition coefficient (Wildman–Crippen LogP) is 4.62. The summed E-state index contributed by atoms with van der Waals surface area (Å²) < 4.78 is 4.78. The van der Waals surface area contributed by atoms with Crippen molar-refractivity contribution in [3.63, 3.8) is 0 Å². The molecular formula is C27H45ClN2. The van der Waals surface area contributed by atoms with Gasteiger partial charge in [-0.3, -0.25) is 0 Å². The van der Waals surface area contributed by atoms with Crippen molar-refractivity contribution in [1.82, 2.24) is 4.57 Å². The number of halogens is 1. The van der Waals surface area contributed by atoms with Crippen molar-refractivity contribution in [3.05, 3.63) is 54.1 Å². The summed E-state index contributed by atoms with van der Waals surface area (Å²) in [6.45, 7) is 6.67. The van der Waals surface area contributed by atoms with Crippen molar-refractivity contribution < 1.29 is 17.0 Å². The highest BCUT2D eigenvalue weighted by Gasteiger charge is 2.11. The van der Waals surface area contributed by atoms with Gasteiger partial charge in [-0.2, -0.15) is 0 Å². The van der Waals surface area contributed by atoms with E-state index in [1.807, 2.05) is 0 Å². The second kappa shape index (κ2) is 17.4. The van der Waals surface area contributed by atoms with Crippen LogP contribution in [0.25, 0.3) is 0 Å². The Morgan fingerprint density at radius 3 is 1.73 bits per heavy atom. The normalized spacial score (nSPS) is 10.9. The lowest BCUT2D eigenvalue weighted by atomic mass is 10.0. The molecule has 0 aliphatic carbocycles. The van der Waals surface area contributed by atoms with Crippen molar-refractivity contribution in [1.29, 1.82) is 0 Å². The van der Waals surface area contributed by atoms with Gasteiger partial charge in [-0.05, 0) is 18.4 Å². The summed E-state index contributed by atoms with van der Waals surface area (Å²) in [5.74, 6) is 1.36. The predicted molar refractivity (Wildman–Crippen MR) is 125 cm³/mol. The van der Waals surface area contributed by atoms with E-state index in [4.69, 9.17) is 0 Å². The maximum Gasteiger partial charge on any atom is 0.253 e. The standard InChI is InChI=1S/C27H45N2.ClH/c1-3-4-5-6-7-8-9-10-11-12-13-14-15-19-22-28-23-24-29(26(28)2)25-27-20-17-16-18-21-27;/h16-18,20-21,23-24H,3-15,19,22,25H2,1-2H3;1H/q+1;/p-1. The second-order valence-electron chi connectivity index (χ2n) is 8.75. The Bertz CT molecular complexity index is 636. The molecule has 0 atom stereocenters. The molecule has 0 bridgehead atoms. The average Bonchev–Trinajstić information content (AvgIpc) is 3.08. The van der Waals surface area contributed by atoms with Crippen LogP contribution in [0.1, 0.15) is 108 Å². The molecule has 30 heavy (non-hydrogen) atoms. The molecule has 0 aliphatic heterocycles. The first-order valence-electron chi connectivity index (χ1n) is 12.4. The molecular weight excluding hydrogens is 388 g/mol. The largest absolute Gasteiger partial charge is 1.00 e. The zero-order valence-corrected chi connectivity index (χ0v) is 20.4. The van der Waals surface area contributed by atoms with E-state index >= 15 is 0 Å². The lowest BCUT2D eigenvalue weighted by Crippen LogP contribution is -3.00. The number of aromatic nitrogens is 2. The van der Waals surface area contributed by atoms with Crippen LogP contribution < -0.4 is 17.0 Å². The Morgan fingerprint density at radius 2 is 1.20 bits per heavy atom. The van der Waals surface area contributed by atoms with Crippen LogP contribution in [0.2, 0.25) is 0 Å². The van der Waals surface area contributed by atoms with Crippen molar-refractivity contribution in [2.45, 2.75) is 117 Å². The molecule has 1 heterocycles. The fourth-order valence-electron chi connectivity index (χ4n) is 4.20. The van der Waals surface area contributed by atoms with E-state index in [-0.39, 0.29) is 12.4 Å². The van der Waals surface area contributed by atoms with Crippen LogP contribution in [-0.2, 0) is 13.1 Å². The lowest BCUT2D eigenvalue weighted by molar-refractivity contribution is -0.694. The van der Waals surface area contributed by atoms with Gasteiger partial charge in [-0.25, -0.2) is 9.13 Å². The van der Waals surface area contributed by atoms with Crippen LogP contribution in [0.15, 0.2) is 42.7 Å². The number of hydrogen-bond acceptors (Lipinski definition) is 0. The molecule has 1 aromatic heterocycles. The molecule has 2 aromatic rings. The Hall–Kier alpha value is -1.28. The maximum atomic E-state index is 2.42. The van der Waals surface area contributed by atoms with Crippen LogP contribution >= 0.6 is 0 Å². The molecule has 0 saturated heterocycles. The minimum Gasteiger partial charge on any atom is -1.00 e. The molecule has 0 unspecified atom stereocenters. The molecule has 0 fully saturated rings. The van der Waals surface area contributed by atoms with Crippen molar-refractivity contribution in [2.24, 2.45) is 0 Å². The molecule has 0 amide bonds. The van der Waals surface area contributed by atoms with Gasteiger partial charge in [0.05, 0.1) is 6.54 Å². The van der Waals surface area contributed by atoms with Crippen molar-refractivity contribution >= 4 is 0 Å². The molecule has 0 N–H and O–H groups in total. The Labute approximate surface area is 192 Å². The summed E-state index contributed by atoms with van der Waals surface area (Å²) in [6, 6.07) is 10.7. The summed E-state index contributed by atoms with van der Waals surface area (Å²) >= 11 is 0. The first-order valence-corrected chi connectivity index (χ1v) is 12.4.